The van der Waals surface area contributed by atoms with Crippen LogP contribution in [0.1, 0.15) is 16.7 Å². The van der Waals surface area contributed by atoms with Crippen LogP contribution in [0.15, 0.2) is 42.5 Å². The Labute approximate surface area is 129 Å². The molecule has 110 valence electrons. The third-order valence-electron chi connectivity index (χ3n) is 3.03. The number of nitrogen functional groups attached to an aromatic ring is 1. The Morgan fingerprint density at radius 3 is 2.48 bits per heavy atom. The lowest BCUT2D eigenvalue weighted by Gasteiger charge is -2.11. The fourth-order valence-electron chi connectivity index (χ4n) is 1.92. The maximum absolute atomic E-state index is 7.47. The van der Waals surface area contributed by atoms with Crippen molar-refractivity contribution in [2.24, 2.45) is 5.73 Å². The highest BCUT2D eigenvalue weighted by atomic mass is 35.5. The minimum atomic E-state index is 0.0246. The minimum absolute atomic E-state index is 0.0246. The quantitative estimate of drug-likeness (QED) is 0.635. The van der Waals surface area contributed by atoms with Gasteiger partial charge in [0.2, 0.25) is 0 Å². The molecule has 0 amide bonds. The van der Waals surface area contributed by atoms with Gasteiger partial charge >= 0.3 is 0 Å². The van der Waals surface area contributed by atoms with Crippen LogP contribution < -0.4 is 10.5 Å². The summed E-state index contributed by atoms with van der Waals surface area (Å²) in [7, 11) is 1.60. The molecule has 0 heterocycles. The topological polar surface area (TPSA) is 68.3 Å². The Hall–Kier alpha value is -2.04. The summed E-state index contributed by atoms with van der Waals surface area (Å²) in [5.41, 5.74) is 8.05. The van der Waals surface area contributed by atoms with Gasteiger partial charge in [-0.25, -0.2) is 0 Å². The second-order valence-corrected chi connectivity index (χ2v) is 5.00. The molecule has 0 fully saturated rings. The third kappa shape index (κ3) is 4.21. The molecule has 2 aromatic carbocycles. The van der Waals surface area contributed by atoms with Gasteiger partial charge in [0.05, 0.1) is 20.3 Å². The van der Waals surface area contributed by atoms with E-state index in [0.29, 0.717) is 23.8 Å². The second kappa shape index (κ2) is 7.11. The van der Waals surface area contributed by atoms with E-state index in [1.165, 1.54) is 0 Å². The number of amidine groups is 1. The molecular formula is C16H17ClN2O2. The highest BCUT2D eigenvalue weighted by Gasteiger charge is 2.06. The summed E-state index contributed by atoms with van der Waals surface area (Å²) in [5, 5.41) is 8.18. The smallest absolute Gasteiger partial charge is 0.124 e. The molecule has 0 aromatic heterocycles. The lowest BCUT2D eigenvalue weighted by atomic mass is 10.1. The molecule has 0 bridgehead atoms. The van der Waals surface area contributed by atoms with Crippen molar-refractivity contribution in [3.8, 4) is 5.75 Å². The number of hydrogen-bond acceptors (Lipinski definition) is 3. The number of nitrogens with one attached hydrogen (secondary N) is 1. The summed E-state index contributed by atoms with van der Waals surface area (Å²) in [6.45, 7) is 0.859. The number of halogens is 1. The van der Waals surface area contributed by atoms with Crippen molar-refractivity contribution in [1.82, 2.24) is 0 Å². The van der Waals surface area contributed by atoms with E-state index in [1.807, 2.05) is 30.3 Å². The zero-order valence-corrected chi connectivity index (χ0v) is 12.5. The van der Waals surface area contributed by atoms with Crippen molar-refractivity contribution < 1.29 is 9.47 Å². The summed E-state index contributed by atoms with van der Waals surface area (Å²) in [4.78, 5) is 0. The monoisotopic (exact) mass is 304 g/mol. The third-order valence-corrected chi connectivity index (χ3v) is 3.28. The summed E-state index contributed by atoms with van der Waals surface area (Å²) < 4.78 is 11.0. The number of nitrogens with two attached hydrogens (primary N) is 1. The van der Waals surface area contributed by atoms with Crippen molar-refractivity contribution >= 4 is 17.4 Å². The zero-order chi connectivity index (χ0) is 15.2. The van der Waals surface area contributed by atoms with Gasteiger partial charge in [0, 0.05) is 16.1 Å². The fraction of sp³-hybridized carbons (Fsp3) is 0.188. The molecule has 0 atom stereocenters. The predicted octanol–water partition coefficient (Wildman–Crippen LogP) is 3.35. The Morgan fingerprint density at radius 2 is 1.86 bits per heavy atom. The largest absolute Gasteiger partial charge is 0.496 e. The molecule has 0 radical (unpaired) electrons. The molecule has 21 heavy (non-hydrogen) atoms. The normalized spacial score (nSPS) is 10.4. The van der Waals surface area contributed by atoms with Crippen LogP contribution in [0, 0.1) is 5.41 Å². The Bertz CT molecular complexity index is 627. The first-order valence-corrected chi connectivity index (χ1v) is 6.81. The van der Waals surface area contributed by atoms with Crippen LogP contribution in [-0.2, 0) is 18.0 Å². The average molecular weight is 305 g/mol. The van der Waals surface area contributed by atoms with Crippen molar-refractivity contribution in [2.75, 3.05) is 7.11 Å². The van der Waals surface area contributed by atoms with Crippen LogP contribution in [0.4, 0.5) is 0 Å². The van der Waals surface area contributed by atoms with Crippen LogP contribution in [0.5, 0.6) is 5.75 Å². The Kier molecular flexibility index (Phi) is 5.20. The number of hydrogen-bond donors (Lipinski definition) is 2. The molecule has 0 saturated heterocycles. The molecule has 0 spiro atoms. The van der Waals surface area contributed by atoms with Crippen molar-refractivity contribution in [2.45, 2.75) is 13.2 Å². The van der Waals surface area contributed by atoms with E-state index < -0.39 is 0 Å². The lowest BCUT2D eigenvalue weighted by molar-refractivity contribution is 0.105. The first kappa shape index (κ1) is 15.4. The van der Waals surface area contributed by atoms with E-state index in [-0.39, 0.29) is 5.84 Å². The van der Waals surface area contributed by atoms with Gasteiger partial charge < -0.3 is 15.2 Å². The van der Waals surface area contributed by atoms with Gasteiger partial charge in [-0.3, -0.25) is 5.41 Å². The van der Waals surface area contributed by atoms with E-state index >= 15 is 0 Å². The van der Waals surface area contributed by atoms with Gasteiger partial charge in [-0.15, -0.1) is 0 Å². The Morgan fingerprint density at radius 1 is 1.14 bits per heavy atom. The second-order valence-electron chi connectivity index (χ2n) is 4.56. The van der Waals surface area contributed by atoms with E-state index in [4.69, 9.17) is 32.2 Å². The highest BCUT2D eigenvalue weighted by Crippen LogP contribution is 2.21. The van der Waals surface area contributed by atoms with Crippen molar-refractivity contribution in [1.29, 1.82) is 5.41 Å². The molecular weight excluding hydrogens is 288 g/mol. The van der Waals surface area contributed by atoms with Gasteiger partial charge in [-0.05, 0) is 35.9 Å². The molecule has 0 aliphatic rings. The standard InChI is InChI=1S/C16H17ClN2O2/c1-20-15-7-4-12(16(18)19)8-13(15)10-21-9-11-2-5-14(17)6-3-11/h2-8H,9-10H2,1H3,(H3,18,19). The molecule has 0 unspecified atom stereocenters. The van der Waals surface area contributed by atoms with Crippen LogP contribution >= 0.6 is 11.6 Å². The summed E-state index contributed by atoms with van der Waals surface area (Å²) >= 11 is 5.84. The SMILES string of the molecule is COc1ccc(C(=N)N)cc1COCc1ccc(Cl)cc1. The number of rotatable bonds is 6. The maximum Gasteiger partial charge on any atom is 0.124 e. The number of benzene rings is 2. The molecule has 0 saturated carbocycles. The van der Waals surface area contributed by atoms with Gasteiger partial charge in [-0.2, -0.15) is 0 Å². The Balaban J connectivity index is 2.03. The highest BCUT2D eigenvalue weighted by molar-refractivity contribution is 6.30. The maximum atomic E-state index is 7.47. The van der Waals surface area contributed by atoms with Crippen LogP contribution in [0.2, 0.25) is 5.02 Å². The number of methoxy groups -OCH3 is 1. The summed E-state index contributed by atoms with van der Waals surface area (Å²) in [5.74, 6) is 0.743. The van der Waals surface area contributed by atoms with E-state index in [1.54, 1.807) is 19.2 Å². The van der Waals surface area contributed by atoms with Crippen LogP contribution in [0.25, 0.3) is 0 Å². The molecule has 2 aromatic rings. The lowest BCUT2D eigenvalue weighted by Crippen LogP contribution is -2.11. The average Bonchev–Trinajstić information content (AvgIpc) is 2.49. The fourth-order valence-corrected chi connectivity index (χ4v) is 2.04. The van der Waals surface area contributed by atoms with Gasteiger partial charge in [0.15, 0.2) is 0 Å². The molecule has 3 N–H and O–H groups in total. The summed E-state index contributed by atoms with van der Waals surface area (Å²) in [6.07, 6.45) is 0. The van der Waals surface area contributed by atoms with Crippen molar-refractivity contribution in [3.63, 3.8) is 0 Å². The van der Waals surface area contributed by atoms with Crippen molar-refractivity contribution in [3.05, 3.63) is 64.2 Å². The van der Waals surface area contributed by atoms with E-state index in [2.05, 4.69) is 0 Å². The van der Waals surface area contributed by atoms with Gasteiger partial charge in [0.25, 0.3) is 0 Å². The van der Waals surface area contributed by atoms with E-state index in [0.717, 1.165) is 16.9 Å². The zero-order valence-electron chi connectivity index (χ0n) is 11.7. The molecule has 2 rings (SSSR count). The first-order chi connectivity index (χ1) is 10.1. The van der Waals surface area contributed by atoms with Gasteiger partial charge in [0.1, 0.15) is 11.6 Å². The molecule has 0 aliphatic carbocycles. The van der Waals surface area contributed by atoms with Gasteiger partial charge in [-0.1, -0.05) is 23.7 Å². The first-order valence-electron chi connectivity index (χ1n) is 6.43. The minimum Gasteiger partial charge on any atom is -0.496 e. The summed E-state index contributed by atoms with van der Waals surface area (Å²) in [6, 6.07) is 12.9. The molecule has 5 heteroatoms. The molecule has 4 nitrogen and oxygen atoms in total. The van der Waals surface area contributed by atoms with Crippen LogP contribution in [0.3, 0.4) is 0 Å². The van der Waals surface area contributed by atoms with E-state index in [9.17, 15) is 0 Å². The predicted molar refractivity (Wildman–Crippen MR) is 84.0 cm³/mol. The number of ether oxygens (including phenoxy) is 2. The molecule has 0 aliphatic heterocycles. The van der Waals surface area contributed by atoms with Crippen LogP contribution in [-0.4, -0.2) is 12.9 Å².